The molecule has 19 heavy (non-hydrogen) atoms. The summed E-state index contributed by atoms with van der Waals surface area (Å²) in [7, 11) is 2.30. The van der Waals surface area contributed by atoms with Crippen LogP contribution in [0.4, 0.5) is 0 Å². The second kappa shape index (κ2) is 7.90. The Labute approximate surface area is 125 Å². The van der Waals surface area contributed by atoms with Crippen LogP contribution in [0.5, 0.6) is 0 Å². The molecule has 0 radical (unpaired) electrons. The molecule has 0 aromatic heterocycles. The molecule has 0 spiro atoms. The van der Waals surface area contributed by atoms with Crippen LogP contribution in [0, 0.1) is 11.3 Å². The first-order chi connectivity index (χ1) is 8.92. The molecule has 1 fully saturated rings. The third-order valence-corrected chi connectivity index (χ3v) is 5.63. The van der Waals surface area contributed by atoms with E-state index >= 15 is 0 Å². The molecule has 114 valence electrons. The fourth-order valence-corrected chi connectivity index (χ4v) is 4.29. The maximum atomic E-state index is 3.77. The standard InChI is InChI=1S/C16H34N2S/c1-7-17-15-14(9-8-10-16(15,3)4)11-18(5)13(2)12-19-6/h13-15,17H,7-12H2,1-6H3. The predicted molar refractivity (Wildman–Crippen MR) is 89.1 cm³/mol. The summed E-state index contributed by atoms with van der Waals surface area (Å²) in [5.41, 5.74) is 0.447. The van der Waals surface area contributed by atoms with Crippen LogP contribution in [-0.2, 0) is 0 Å². The highest BCUT2D eigenvalue weighted by atomic mass is 32.2. The fourth-order valence-electron chi connectivity index (χ4n) is 3.56. The molecule has 0 aliphatic heterocycles. The minimum absolute atomic E-state index is 0.447. The van der Waals surface area contributed by atoms with Crippen LogP contribution in [0.2, 0.25) is 0 Å². The van der Waals surface area contributed by atoms with Crippen molar-refractivity contribution in [3.8, 4) is 0 Å². The third kappa shape index (κ3) is 4.95. The molecule has 3 unspecified atom stereocenters. The van der Waals surface area contributed by atoms with Crippen molar-refractivity contribution < 1.29 is 0 Å². The molecule has 0 amide bonds. The van der Waals surface area contributed by atoms with Gasteiger partial charge in [-0.15, -0.1) is 0 Å². The van der Waals surface area contributed by atoms with Gasteiger partial charge in [-0.05, 0) is 50.9 Å². The molecule has 3 heteroatoms. The highest BCUT2D eigenvalue weighted by molar-refractivity contribution is 7.98. The lowest BCUT2D eigenvalue weighted by atomic mass is 9.67. The van der Waals surface area contributed by atoms with Crippen molar-refractivity contribution in [1.82, 2.24) is 10.2 Å². The summed E-state index contributed by atoms with van der Waals surface area (Å²) in [6.07, 6.45) is 6.35. The zero-order valence-corrected chi connectivity index (χ0v) is 14.6. The Kier molecular flexibility index (Phi) is 7.20. The molecule has 1 N–H and O–H groups in total. The van der Waals surface area contributed by atoms with Crippen LogP contribution < -0.4 is 5.32 Å². The van der Waals surface area contributed by atoms with Crippen LogP contribution in [0.3, 0.4) is 0 Å². The van der Waals surface area contributed by atoms with E-state index in [-0.39, 0.29) is 0 Å². The normalized spacial score (nSPS) is 28.6. The topological polar surface area (TPSA) is 15.3 Å². The van der Waals surface area contributed by atoms with E-state index in [2.05, 4.69) is 51.2 Å². The second-order valence-electron chi connectivity index (χ2n) is 6.92. The first-order valence-corrected chi connectivity index (χ1v) is 9.24. The lowest BCUT2D eigenvalue weighted by Gasteiger charge is -2.46. The predicted octanol–water partition coefficient (Wildman–Crippen LogP) is 3.47. The van der Waals surface area contributed by atoms with E-state index in [0.717, 1.165) is 12.5 Å². The van der Waals surface area contributed by atoms with E-state index < -0.39 is 0 Å². The summed E-state index contributed by atoms with van der Waals surface area (Å²) < 4.78 is 0. The Hall–Kier alpha value is 0.270. The largest absolute Gasteiger partial charge is 0.313 e. The van der Waals surface area contributed by atoms with Gasteiger partial charge in [-0.2, -0.15) is 11.8 Å². The van der Waals surface area contributed by atoms with E-state index in [4.69, 9.17) is 0 Å². The Balaban J connectivity index is 2.63. The van der Waals surface area contributed by atoms with Crippen molar-refractivity contribution in [1.29, 1.82) is 0 Å². The van der Waals surface area contributed by atoms with Gasteiger partial charge in [-0.1, -0.05) is 27.2 Å². The molecule has 0 heterocycles. The minimum atomic E-state index is 0.447. The number of nitrogens with zero attached hydrogens (tertiary/aromatic N) is 1. The van der Waals surface area contributed by atoms with Crippen LogP contribution >= 0.6 is 11.8 Å². The van der Waals surface area contributed by atoms with Gasteiger partial charge in [0.1, 0.15) is 0 Å². The Morgan fingerprint density at radius 1 is 1.42 bits per heavy atom. The molecule has 1 saturated carbocycles. The van der Waals surface area contributed by atoms with Crippen LogP contribution in [0.15, 0.2) is 0 Å². The van der Waals surface area contributed by atoms with Gasteiger partial charge in [0, 0.05) is 24.4 Å². The lowest BCUT2D eigenvalue weighted by Crippen LogP contribution is -2.53. The summed E-state index contributed by atoms with van der Waals surface area (Å²) in [6.45, 7) is 11.8. The van der Waals surface area contributed by atoms with E-state index in [0.29, 0.717) is 17.5 Å². The maximum absolute atomic E-state index is 3.77. The lowest BCUT2D eigenvalue weighted by molar-refractivity contribution is 0.0798. The molecule has 0 aromatic carbocycles. The van der Waals surface area contributed by atoms with Gasteiger partial charge >= 0.3 is 0 Å². The van der Waals surface area contributed by atoms with E-state index in [1.807, 2.05) is 11.8 Å². The minimum Gasteiger partial charge on any atom is -0.313 e. The average Bonchev–Trinajstić information content (AvgIpc) is 2.33. The summed E-state index contributed by atoms with van der Waals surface area (Å²) >= 11 is 1.95. The highest BCUT2D eigenvalue weighted by Gasteiger charge is 2.38. The van der Waals surface area contributed by atoms with Crippen molar-refractivity contribution in [3.05, 3.63) is 0 Å². The van der Waals surface area contributed by atoms with Crippen molar-refractivity contribution in [3.63, 3.8) is 0 Å². The second-order valence-corrected chi connectivity index (χ2v) is 7.83. The molecule has 1 aliphatic carbocycles. The van der Waals surface area contributed by atoms with Gasteiger partial charge in [0.05, 0.1) is 0 Å². The van der Waals surface area contributed by atoms with Crippen molar-refractivity contribution >= 4 is 11.8 Å². The number of rotatable bonds is 7. The van der Waals surface area contributed by atoms with E-state index in [1.165, 1.54) is 31.6 Å². The average molecular weight is 287 g/mol. The Bertz CT molecular complexity index is 255. The number of hydrogen-bond acceptors (Lipinski definition) is 3. The molecule has 2 nitrogen and oxygen atoms in total. The van der Waals surface area contributed by atoms with Gasteiger partial charge in [0.25, 0.3) is 0 Å². The zero-order chi connectivity index (χ0) is 14.5. The first kappa shape index (κ1) is 17.3. The van der Waals surface area contributed by atoms with Crippen LogP contribution in [0.1, 0.15) is 47.0 Å². The fraction of sp³-hybridized carbons (Fsp3) is 1.00. The van der Waals surface area contributed by atoms with Gasteiger partial charge in [-0.25, -0.2) is 0 Å². The van der Waals surface area contributed by atoms with Crippen molar-refractivity contribution in [2.75, 3.05) is 32.1 Å². The van der Waals surface area contributed by atoms with Crippen molar-refractivity contribution in [2.24, 2.45) is 11.3 Å². The number of hydrogen-bond donors (Lipinski definition) is 1. The maximum Gasteiger partial charge on any atom is 0.0159 e. The van der Waals surface area contributed by atoms with Gasteiger partial charge < -0.3 is 10.2 Å². The van der Waals surface area contributed by atoms with Crippen LogP contribution in [0.25, 0.3) is 0 Å². The van der Waals surface area contributed by atoms with Gasteiger partial charge in [0.15, 0.2) is 0 Å². The zero-order valence-electron chi connectivity index (χ0n) is 13.8. The van der Waals surface area contributed by atoms with Crippen LogP contribution in [-0.4, -0.2) is 49.1 Å². The highest BCUT2D eigenvalue weighted by Crippen LogP contribution is 2.39. The molecule has 3 atom stereocenters. The molecule has 1 aliphatic rings. The monoisotopic (exact) mass is 286 g/mol. The van der Waals surface area contributed by atoms with E-state index in [9.17, 15) is 0 Å². The Morgan fingerprint density at radius 2 is 2.11 bits per heavy atom. The molecular formula is C16H34N2S. The molecule has 1 rings (SSSR count). The van der Waals surface area contributed by atoms with Gasteiger partial charge in [-0.3, -0.25) is 0 Å². The quantitative estimate of drug-likeness (QED) is 0.771. The summed E-state index contributed by atoms with van der Waals surface area (Å²) in [6, 6.07) is 1.36. The SMILES string of the molecule is CCNC1C(CN(C)C(C)CSC)CCCC1(C)C. The number of thioether (sulfide) groups is 1. The number of nitrogens with one attached hydrogen (secondary N) is 1. The molecule has 0 aromatic rings. The summed E-state index contributed by atoms with van der Waals surface area (Å²) in [4.78, 5) is 2.56. The molecule has 0 saturated heterocycles. The third-order valence-electron chi connectivity index (χ3n) is 4.82. The summed E-state index contributed by atoms with van der Waals surface area (Å²) in [5.74, 6) is 2.04. The van der Waals surface area contributed by atoms with Gasteiger partial charge in [0.2, 0.25) is 0 Å². The van der Waals surface area contributed by atoms with E-state index in [1.54, 1.807) is 0 Å². The smallest absolute Gasteiger partial charge is 0.0159 e. The molecule has 0 bridgehead atoms. The Morgan fingerprint density at radius 3 is 2.68 bits per heavy atom. The molecular weight excluding hydrogens is 252 g/mol. The first-order valence-electron chi connectivity index (χ1n) is 7.85. The van der Waals surface area contributed by atoms with Crippen molar-refractivity contribution in [2.45, 2.75) is 59.0 Å². The summed E-state index contributed by atoms with van der Waals surface area (Å²) in [5, 5.41) is 3.77.